The molecule has 2 atom stereocenters. The maximum atomic E-state index is 13.4. The first-order chi connectivity index (χ1) is 12.7. The molecule has 146 valence electrons. The molecule has 0 spiro atoms. The number of hydrogen-bond acceptors (Lipinski definition) is 2. The van der Waals surface area contributed by atoms with Crippen molar-refractivity contribution in [1.82, 2.24) is 15.2 Å². The number of halogens is 4. The highest BCUT2D eigenvalue weighted by molar-refractivity contribution is 5.83. The number of aromatic nitrogens is 1. The highest BCUT2D eigenvalue weighted by atomic mass is 19.4. The summed E-state index contributed by atoms with van der Waals surface area (Å²) in [6.07, 6.45) is -2.67. The first-order valence-corrected chi connectivity index (χ1v) is 8.24. The molecule has 1 aliphatic heterocycles. The number of amides is 2. The fraction of sp³-hybridized carbons (Fsp3) is 0.412. The third-order valence-corrected chi connectivity index (χ3v) is 4.74. The number of hydrogen-bond donors (Lipinski definition) is 3. The molecule has 3 rings (SSSR count). The van der Waals surface area contributed by atoms with Crippen LogP contribution in [0.2, 0.25) is 0 Å². The van der Waals surface area contributed by atoms with E-state index in [1.165, 1.54) is 12.1 Å². The van der Waals surface area contributed by atoms with Gasteiger partial charge in [0.05, 0.1) is 11.8 Å². The minimum Gasteiger partial charge on any atom is -0.481 e. The van der Waals surface area contributed by atoms with Crippen molar-refractivity contribution in [3.8, 4) is 0 Å². The van der Waals surface area contributed by atoms with Crippen LogP contribution in [0.15, 0.2) is 24.4 Å². The van der Waals surface area contributed by atoms with Gasteiger partial charge in [-0.1, -0.05) is 0 Å². The zero-order valence-corrected chi connectivity index (χ0v) is 14.0. The molecule has 6 nitrogen and oxygen atoms in total. The van der Waals surface area contributed by atoms with Gasteiger partial charge in [-0.05, 0) is 30.2 Å². The fourth-order valence-corrected chi connectivity index (χ4v) is 3.32. The number of benzene rings is 1. The fourth-order valence-electron chi connectivity index (χ4n) is 3.32. The van der Waals surface area contributed by atoms with Crippen LogP contribution in [-0.4, -0.2) is 52.8 Å². The summed E-state index contributed by atoms with van der Waals surface area (Å²) in [6, 6.07) is 3.50. The van der Waals surface area contributed by atoms with E-state index >= 15 is 0 Å². The molecule has 0 bridgehead atoms. The van der Waals surface area contributed by atoms with E-state index in [-0.39, 0.29) is 6.54 Å². The van der Waals surface area contributed by atoms with E-state index in [1.807, 2.05) is 0 Å². The van der Waals surface area contributed by atoms with Crippen LogP contribution in [0, 0.1) is 17.7 Å². The summed E-state index contributed by atoms with van der Waals surface area (Å²) in [7, 11) is 0. The van der Waals surface area contributed by atoms with Crippen molar-refractivity contribution in [3.05, 3.63) is 35.8 Å². The lowest BCUT2D eigenvalue weighted by Crippen LogP contribution is -2.40. The molecule has 1 fully saturated rings. The van der Waals surface area contributed by atoms with Crippen molar-refractivity contribution in [3.63, 3.8) is 0 Å². The van der Waals surface area contributed by atoms with Gasteiger partial charge in [0, 0.05) is 36.7 Å². The van der Waals surface area contributed by atoms with E-state index in [9.17, 15) is 27.2 Å². The Morgan fingerprint density at radius 1 is 1.30 bits per heavy atom. The van der Waals surface area contributed by atoms with Gasteiger partial charge in [0.25, 0.3) is 0 Å². The van der Waals surface area contributed by atoms with Crippen LogP contribution >= 0.6 is 0 Å². The van der Waals surface area contributed by atoms with Gasteiger partial charge in [-0.25, -0.2) is 9.18 Å². The Morgan fingerprint density at radius 3 is 2.67 bits per heavy atom. The SMILES string of the molecule is O=C(O)[C@@H]1CN(C(=O)NCCc2c[nH]c3ccc(F)cc23)C[C@H]1C(F)(F)F. The van der Waals surface area contributed by atoms with Crippen LogP contribution in [0.3, 0.4) is 0 Å². The van der Waals surface area contributed by atoms with E-state index in [2.05, 4.69) is 10.3 Å². The second kappa shape index (κ2) is 7.09. The summed E-state index contributed by atoms with van der Waals surface area (Å²) in [5, 5.41) is 12.1. The molecular formula is C17H17F4N3O3. The van der Waals surface area contributed by atoms with Crippen molar-refractivity contribution in [2.45, 2.75) is 12.6 Å². The Morgan fingerprint density at radius 2 is 2.04 bits per heavy atom. The Labute approximate surface area is 151 Å². The number of nitrogens with zero attached hydrogens (tertiary/aromatic N) is 1. The molecule has 0 radical (unpaired) electrons. The van der Waals surface area contributed by atoms with Gasteiger partial charge >= 0.3 is 18.2 Å². The summed E-state index contributed by atoms with van der Waals surface area (Å²) in [6.45, 7) is -1.07. The second-order valence-corrected chi connectivity index (χ2v) is 6.48. The summed E-state index contributed by atoms with van der Waals surface area (Å²) in [5.41, 5.74) is 1.48. The summed E-state index contributed by atoms with van der Waals surface area (Å²) in [4.78, 5) is 27.0. The van der Waals surface area contributed by atoms with Crippen LogP contribution in [0.25, 0.3) is 10.9 Å². The lowest BCUT2D eigenvalue weighted by Gasteiger charge is -2.18. The summed E-state index contributed by atoms with van der Waals surface area (Å²) >= 11 is 0. The number of carbonyl (C=O) groups excluding carboxylic acids is 1. The molecule has 0 unspecified atom stereocenters. The molecule has 0 saturated carbocycles. The van der Waals surface area contributed by atoms with Crippen LogP contribution < -0.4 is 5.32 Å². The molecule has 3 N–H and O–H groups in total. The van der Waals surface area contributed by atoms with Crippen molar-refractivity contribution >= 4 is 22.9 Å². The molecule has 1 saturated heterocycles. The molecule has 27 heavy (non-hydrogen) atoms. The van der Waals surface area contributed by atoms with Gasteiger partial charge in [-0.2, -0.15) is 13.2 Å². The highest BCUT2D eigenvalue weighted by Gasteiger charge is 2.53. The van der Waals surface area contributed by atoms with Crippen molar-refractivity contribution in [2.75, 3.05) is 19.6 Å². The number of carbonyl (C=O) groups is 2. The quantitative estimate of drug-likeness (QED) is 0.706. The predicted molar refractivity (Wildman–Crippen MR) is 87.6 cm³/mol. The molecule has 2 aromatic rings. The first-order valence-electron chi connectivity index (χ1n) is 8.24. The third kappa shape index (κ3) is 3.99. The highest BCUT2D eigenvalue weighted by Crippen LogP contribution is 2.37. The molecule has 1 aliphatic rings. The Balaban J connectivity index is 1.59. The standard InChI is InChI=1S/C17H17F4N3O3/c18-10-1-2-14-11(5-10)9(6-23-14)3-4-22-16(27)24-7-12(15(25)26)13(8-24)17(19,20)21/h1-2,5-6,12-13,23H,3-4,7-8H2,(H,22,27)(H,25,26)/t12-,13-/m1/s1. The van der Waals surface area contributed by atoms with E-state index < -0.39 is 48.9 Å². The first kappa shape index (κ1) is 19.0. The number of aliphatic carboxylic acids is 1. The molecule has 1 aromatic carbocycles. The Bertz CT molecular complexity index is 865. The topological polar surface area (TPSA) is 85.4 Å². The summed E-state index contributed by atoms with van der Waals surface area (Å²) in [5.74, 6) is -5.74. The summed E-state index contributed by atoms with van der Waals surface area (Å²) < 4.78 is 52.3. The average molecular weight is 387 g/mol. The number of urea groups is 1. The second-order valence-electron chi connectivity index (χ2n) is 6.48. The minimum atomic E-state index is -4.69. The smallest absolute Gasteiger partial charge is 0.394 e. The average Bonchev–Trinajstić information content (AvgIpc) is 3.19. The number of rotatable bonds is 4. The van der Waals surface area contributed by atoms with E-state index in [0.717, 1.165) is 16.0 Å². The number of carboxylic acids is 1. The largest absolute Gasteiger partial charge is 0.481 e. The number of fused-ring (bicyclic) bond motifs is 1. The Kier molecular flexibility index (Phi) is 4.99. The molecule has 1 aromatic heterocycles. The normalized spacial score (nSPS) is 20.2. The van der Waals surface area contributed by atoms with Crippen molar-refractivity contribution in [2.24, 2.45) is 11.8 Å². The van der Waals surface area contributed by atoms with Gasteiger partial charge in [0.1, 0.15) is 5.82 Å². The van der Waals surface area contributed by atoms with Gasteiger partial charge < -0.3 is 20.3 Å². The number of H-pyrrole nitrogens is 1. The zero-order chi connectivity index (χ0) is 19.8. The van der Waals surface area contributed by atoms with Crippen LogP contribution in [0.1, 0.15) is 5.56 Å². The minimum absolute atomic E-state index is 0.118. The van der Waals surface area contributed by atoms with Crippen molar-refractivity contribution < 1.29 is 32.3 Å². The Hall–Kier alpha value is -2.78. The van der Waals surface area contributed by atoms with Gasteiger partial charge in [-0.3, -0.25) is 4.79 Å². The van der Waals surface area contributed by atoms with Gasteiger partial charge in [0.2, 0.25) is 0 Å². The van der Waals surface area contributed by atoms with E-state index in [4.69, 9.17) is 5.11 Å². The lowest BCUT2D eigenvalue weighted by atomic mass is 9.96. The van der Waals surface area contributed by atoms with Gasteiger partial charge in [0.15, 0.2) is 0 Å². The molecule has 2 heterocycles. The van der Waals surface area contributed by atoms with Crippen LogP contribution in [0.5, 0.6) is 0 Å². The maximum absolute atomic E-state index is 13.4. The van der Waals surface area contributed by atoms with Crippen molar-refractivity contribution in [1.29, 1.82) is 0 Å². The van der Waals surface area contributed by atoms with E-state index in [1.54, 1.807) is 12.3 Å². The van der Waals surface area contributed by atoms with Crippen LogP contribution in [0.4, 0.5) is 22.4 Å². The van der Waals surface area contributed by atoms with E-state index in [0.29, 0.717) is 11.8 Å². The number of aromatic amines is 1. The lowest BCUT2D eigenvalue weighted by molar-refractivity contribution is -0.187. The zero-order valence-electron chi connectivity index (χ0n) is 14.0. The number of likely N-dealkylation sites (tertiary alicyclic amines) is 1. The number of carboxylic acid groups (broad SMARTS) is 1. The molecular weight excluding hydrogens is 370 g/mol. The number of alkyl halides is 3. The molecule has 0 aliphatic carbocycles. The third-order valence-electron chi connectivity index (χ3n) is 4.74. The molecule has 2 amide bonds. The van der Waals surface area contributed by atoms with Crippen LogP contribution in [-0.2, 0) is 11.2 Å². The molecule has 10 heteroatoms. The monoisotopic (exact) mass is 387 g/mol. The van der Waals surface area contributed by atoms with Gasteiger partial charge in [-0.15, -0.1) is 0 Å². The number of nitrogens with one attached hydrogen (secondary N) is 2. The maximum Gasteiger partial charge on any atom is 0.394 e. The predicted octanol–water partition coefficient (Wildman–Crippen LogP) is 2.75.